The van der Waals surface area contributed by atoms with Crippen LogP contribution < -0.4 is 4.90 Å². The topological polar surface area (TPSA) is 409 Å². The first kappa shape index (κ1) is 70.7. The summed E-state index contributed by atoms with van der Waals surface area (Å²) < 4.78 is 220. The van der Waals surface area contributed by atoms with E-state index in [4.69, 9.17) is 38.0 Å². The lowest BCUT2D eigenvalue weighted by Gasteiger charge is -2.27. The van der Waals surface area contributed by atoms with Crippen LogP contribution in [-0.2, 0) is 114 Å². The second kappa shape index (κ2) is 29.2. The Morgan fingerprint density at radius 3 is 1.63 bits per heavy atom. The molecule has 0 aromatic heterocycles. The van der Waals surface area contributed by atoms with Crippen molar-refractivity contribution in [2.45, 2.75) is 83.3 Å². The highest BCUT2D eigenvalue weighted by atomic mass is 32.2. The van der Waals surface area contributed by atoms with Crippen LogP contribution in [0.5, 0.6) is 0 Å². The van der Waals surface area contributed by atoms with Gasteiger partial charge in [0.15, 0.2) is 12.3 Å². The lowest BCUT2D eigenvalue weighted by molar-refractivity contribution is -0.441. The van der Waals surface area contributed by atoms with Gasteiger partial charge in [0, 0.05) is 66.4 Å². The zero-order valence-corrected chi connectivity index (χ0v) is 52.9. The van der Waals surface area contributed by atoms with Crippen LogP contribution in [0, 0.1) is 0 Å². The summed E-state index contributed by atoms with van der Waals surface area (Å²) in [5.74, 6) is -2.62. The van der Waals surface area contributed by atoms with Crippen molar-refractivity contribution in [3.63, 3.8) is 0 Å². The third kappa shape index (κ3) is 17.4. The van der Waals surface area contributed by atoms with Gasteiger partial charge in [0.05, 0.1) is 112 Å². The van der Waals surface area contributed by atoms with Gasteiger partial charge in [0.25, 0.3) is 52.3 Å². The molecule has 2 amide bonds. The molecule has 0 spiro atoms. The van der Waals surface area contributed by atoms with Gasteiger partial charge in [0.2, 0.25) is 5.69 Å². The molecule has 34 heteroatoms. The quantitative estimate of drug-likeness (QED) is 0.0221. The number of fused-ring (bicyclic) bond motifs is 6. The molecule has 1 unspecified atom stereocenters. The summed E-state index contributed by atoms with van der Waals surface area (Å²) in [5.41, 5.74) is -0.209. The number of hydroxylamine groups is 2. The number of anilines is 1. The molecule has 0 saturated carbocycles. The number of hydrogen-bond acceptors (Lipinski definition) is 23. The van der Waals surface area contributed by atoms with Gasteiger partial charge in [-0.15, -0.1) is 5.06 Å². The smallest absolute Gasteiger partial charge is 0.335 e. The van der Waals surface area contributed by atoms with Crippen molar-refractivity contribution in [1.82, 2.24) is 5.06 Å². The van der Waals surface area contributed by atoms with Crippen LogP contribution in [0.3, 0.4) is 0 Å². The molecule has 3 aliphatic heterocycles. The molecule has 490 valence electrons. The van der Waals surface area contributed by atoms with Crippen molar-refractivity contribution < 1.29 is 122 Å². The van der Waals surface area contributed by atoms with Crippen LogP contribution in [0.25, 0.3) is 21.5 Å². The Bertz CT molecular complexity index is 4020. The number of methoxy groups -OCH3 is 1. The Morgan fingerprint density at radius 2 is 1.12 bits per heavy atom. The highest BCUT2D eigenvalue weighted by molar-refractivity contribution is 7.87. The second-order valence-corrected chi connectivity index (χ2v) is 28.4. The summed E-state index contributed by atoms with van der Waals surface area (Å²) in [7, 11) is -23.8. The minimum absolute atomic E-state index is 0.000890. The lowest BCUT2D eigenvalue weighted by atomic mass is 9.74. The normalized spacial score (nSPS) is 17.8. The zero-order chi connectivity index (χ0) is 65.3. The number of carbonyl (C=O) groups excluding carboxylic acids is 3. The summed E-state index contributed by atoms with van der Waals surface area (Å²) in [5, 5.41) is 0.173. The standard InChI is InChI=1S/C55H69N3O26S5/c1-54(2)47(7-5-8-48-55(3,16-6-32-85(62,63)64)53-42-34-38(87(68,69)70)36-46(89(74,75)76)40(42)10-12-44(53)57(48)17-20-77-4)56(43-11-9-39-41(52(43)54)33-37(86(65,66)67)35-45(39)88(71,72)73)18-21-79-23-25-81-27-29-83-31-30-82-28-26-80-24-22-78-19-15-51(61)84-58-49(59)13-14-50(58)60/h5,7-12,33-36H,6,13-32H2,1-4H3,(H4-,62,63,64,65,66,67,68,69,70,71,72,73,74,75,76). The molecule has 89 heavy (non-hydrogen) atoms. The van der Waals surface area contributed by atoms with E-state index < -0.39 is 105 Å². The summed E-state index contributed by atoms with van der Waals surface area (Å²) in [6.07, 6.45) is 4.55. The zero-order valence-electron chi connectivity index (χ0n) is 48.9. The first-order valence-corrected chi connectivity index (χ1v) is 34.9. The van der Waals surface area contributed by atoms with Gasteiger partial charge in [0.1, 0.15) is 21.6 Å². The molecule has 1 saturated heterocycles. The highest BCUT2D eigenvalue weighted by Gasteiger charge is 2.49. The van der Waals surface area contributed by atoms with E-state index in [2.05, 4.69) is 0 Å². The fraction of sp³-hybridized carbons (Fsp3) is 0.491. The van der Waals surface area contributed by atoms with Crippen LogP contribution in [0.2, 0.25) is 0 Å². The molecule has 3 aliphatic rings. The predicted octanol–water partition coefficient (Wildman–Crippen LogP) is 3.64. The number of rotatable bonds is 35. The molecule has 1 fully saturated rings. The number of benzene rings is 4. The molecule has 4 aromatic carbocycles. The van der Waals surface area contributed by atoms with E-state index in [1.54, 1.807) is 49.6 Å². The van der Waals surface area contributed by atoms with E-state index in [0.29, 0.717) is 45.5 Å². The van der Waals surface area contributed by atoms with Gasteiger partial charge in [-0.1, -0.05) is 26.0 Å². The van der Waals surface area contributed by atoms with Crippen LogP contribution in [0.15, 0.2) is 92.0 Å². The molecule has 0 aliphatic carbocycles. The SMILES string of the molecule is COCC[N+]1=C(/C=C/C=C2/N(CCOCCOCCOCCOCCOCCOCCC(=O)ON3C(=O)CCC3=O)c3ccc4c(S(=O)(=O)[O-])cc(S(=O)(=O)O)cc4c3C2(C)C)C(C)(CCCS(=O)(=O)O)c2c1ccc1c(S(=O)(=O)O)cc(S(=O)(=O)O)cc21. The number of ether oxygens (including phenoxy) is 7. The minimum atomic E-state index is -5.34. The van der Waals surface area contributed by atoms with Crippen molar-refractivity contribution in [1.29, 1.82) is 0 Å². The van der Waals surface area contributed by atoms with Gasteiger partial charge in [-0.2, -0.15) is 38.2 Å². The van der Waals surface area contributed by atoms with Crippen LogP contribution in [0.1, 0.15) is 64.0 Å². The number of nitrogens with zero attached hydrogens (tertiary/aromatic N) is 3. The molecular weight excluding hydrogens is 1280 g/mol. The Hall–Kier alpha value is -5.77. The average Bonchev–Trinajstić information content (AvgIpc) is 1.62. The number of allylic oxidation sites excluding steroid dienone is 4. The summed E-state index contributed by atoms with van der Waals surface area (Å²) >= 11 is 0. The van der Waals surface area contributed by atoms with Gasteiger partial charge >= 0.3 is 5.97 Å². The molecule has 4 aromatic rings. The molecule has 4 N–H and O–H groups in total. The molecule has 1 atom stereocenters. The summed E-state index contributed by atoms with van der Waals surface area (Å²) in [4.78, 5) is 38.1. The largest absolute Gasteiger partial charge is 0.744 e. The van der Waals surface area contributed by atoms with Gasteiger partial charge < -0.3 is 47.4 Å². The van der Waals surface area contributed by atoms with Gasteiger partial charge in [-0.3, -0.25) is 27.8 Å². The maximum atomic E-state index is 12.8. The van der Waals surface area contributed by atoms with E-state index in [0.717, 1.165) is 12.1 Å². The van der Waals surface area contributed by atoms with E-state index in [9.17, 15) is 79.2 Å². The Balaban J connectivity index is 1.06. The van der Waals surface area contributed by atoms with Crippen LogP contribution in [0.4, 0.5) is 11.4 Å². The molecule has 0 radical (unpaired) electrons. The third-order valence-electron chi connectivity index (χ3n) is 14.9. The van der Waals surface area contributed by atoms with E-state index in [1.165, 1.54) is 25.3 Å². The molecule has 7 rings (SSSR count). The van der Waals surface area contributed by atoms with E-state index >= 15 is 0 Å². The van der Waals surface area contributed by atoms with E-state index in [1.807, 2.05) is 4.90 Å². The third-order valence-corrected chi connectivity index (χ3v) is 19.1. The predicted molar refractivity (Wildman–Crippen MR) is 314 cm³/mol. The Morgan fingerprint density at radius 1 is 0.629 bits per heavy atom. The lowest BCUT2D eigenvalue weighted by Crippen LogP contribution is -2.33. The highest BCUT2D eigenvalue weighted by Crippen LogP contribution is 2.52. The molecule has 0 bridgehead atoms. The summed E-state index contributed by atoms with van der Waals surface area (Å²) in [6, 6.07) is 9.06. The van der Waals surface area contributed by atoms with Crippen LogP contribution >= 0.6 is 0 Å². The van der Waals surface area contributed by atoms with Crippen molar-refractivity contribution in [2.24, 2.45) is 0 Å². The fourth-order valence-electron chi connectivity index (χ4n) is 10.9. The number of hydrogen-bond donors (Lipinski definition) is 4. The van der Waals surface area contributed by atoms with Crippen molar-refractivity contribution in [3.8, 4) is 0 Å². The fourth-order valence-corrected chi connectivity index (χ4v) is 14.1. The van der Waals surface area contributed by atoms with Gasteiger partial charge in [-0.05, 0) is 84.0 Å². The monoisotopic (exact) mass is 1350 g/mol. The second-order valence-electron chi connectivity index (χ2n) is 21.2. The number of amides is 2. The van der Waals surface area contributed by atoms with Gasteiger partial charge in [-0.25, -0.2) is 13.2 Å². The Kier molecular flexibility index (Phi) is 23.2. The first-order chi connectivity index (χ1) is 41.7. The van der Waals surface area contributed by atoms with Crippen molar-refractivity contribution in [3.05, 3.63) is 83.6 Å². The molecule has 3 heterocycles. The minimum Gasteiger partial charge on any atom is -0.744 e. The van der Waals surface area contributed by atoms with E-state index in [-0.39, 0.29) is 158 Å². The van der Waals surface area contributed by atoms with Crippen molar-refractivity contribution in [2.75, 3.05) is 117 Å². The first-order valence-electron chi connectivity index (χ1n) is 27.6. The maximum Gasteiger partial charge on any atom is 0.335 e. The molecule has 29 nitrogen and oxygen atoms in total. The number of imide groups is 1. The Labute approximate surface area is 514 Å². The number of carbonyl (C=O) groups is 3. The van der Waals surface area contributed by atoms with Crippen LogP contribution in [-0.4, -0.2) is 210 Å². The maximum absolute atomic E-state index is 12.8. The van der Waals surface area contributed by atoms with Crippen molar-refractivity contribution >= 4 is 107 Å². The molecular formula is C55H69N3O26S5. The summed E-state index contributed by atoms with van der Waals surface area (Å²) in [6.45, 7) is 7.74. The average molecular weight is 1350 g/mol.